The van der Waals surface area contributed by atoms with Crippen LogP contribution in [0.1, 0.15) is 49.1 Å². The molecule has 4 atom stereocenters. The lowest BCUT2D eigenvalue weighted by atomic mass is 9.85. The van der Waals surface area contributed by atoms with Crippen molar-refractivity contribution in [1.82, 2.24) is 9.97 Å². The second-order valence-corrected chi connectivity index (χ2v) is 11.6. The summed E-state index contributed by atoms with van der Waals surface area (Å²) in [7, 11) is 2.43. The van der Waals surface area contributed by atoms with Crippen molar-refractivity contribution in [3.8, 4) is 0 Å². The molecule has 1 aromatic carbocycles. The number of rotatable bonds is 7. The molecule has 1 saturated heterocycles. The number of primary amides is 1. The van der Waals surface area contributed by atoms with Gasteiger partial charge < -0.3 is 20.9 Å². The van der Waals surface area contributed by atoms with Crippen LogP contribution in [-0.4, -0.2) is 52.6 Å². The predicted octanol–water partition coefficient (Wildman–Crippen LogP) is 4.24. The third kappa shape index (κ3) is 4.25. The van der Waals surface area contributed by atoms with E-state index in [1.54, 1.807) is 0 Å². The van der Waals surface area contributed by atoms with Crippen LogP contribution in [0.2, 0.25) is 0 Å². The molecule has 1 amide bonds. The maximum Gasteiger partial charge on any atom is 0.229 e. The molecule has 1 aliphatic heterocycles. The number of carbonyl (C=O) groups excluding carboxylic acids is 1. The van der Waals surface area contributed by atoms with Crippen molar-refractivity contribution in [2.24, 2.45) is 23.5 Å². The number of quaternary nitrogens is 1. The van der Waals surface area contributed by atoms with Gasteiger partial charge in [0.1, 0.15) is 0 Å². The summed E-state index contributed by atoms with van der Waals surface area (Å²) in [6.07, 6.45) is 11.4. The summed E-state index contributed by atoms with van der Waals surface area (Å²) >= 11 is 0. The molecule has 8 heteroatoms. The fourth-order valence-electron chi connectivity index (χ4n) is 6.97. The highest BCUT2D eigenvalue weighted by atomic mass is 19.1. The van der Waals surface area contributed by atoms with Crippen molar-refractivity contribution in [2.75, 3.05) is 30.8 Å². The third-order valence-electron chi connectivity index (χ3n) is 9.21. The molecule has 2 saturated carbocycles. The number of likely N-dealkylation sites (tertiary alicyclic amines) is 1. The fourth-order valence-corrected chi connectivity index (χ4v) is 6.97. The topological polar surface area (TPSA) is 92.9 Å². The number of allylic oxidation sites excluding steroid dienone is 1. The summed E-state index contributed by atoms with van der Waals surface area (Å²) in [6, 6.07) is 7.05. The SMILES string of the molecule is Cc1cc(Nc2ncc(F)c(N[C@@H]3C4C=CC(C4)[C@@H]3C(N)=O)n2)ccc1C1CC[N+](C)(C2CC2)CC1. The van der Waals surface area contributed by atoms with Crippen molar-refractivity contribution in [2.45, 2.75) is 57.0 Å². The minimum atomic E-state index is -0.545. The van der Waals surface area contributed by atoms with Gasteiger partial charge in [0.25, 0.3) is 0 Å². The first kappa shape index (κ1) is 23.4. The second kappa shape index (κ2) is 8.83. The van der Waals surface area contributed by atoms with Crippen LogP contribution >= 0.6 is 0 Å². The van der Waals surface area contributed by atoms with Gasteiger partial charge >= 0.3 is 0 Å². The predicted molar refractivity (Wildman–Crippen MR) is 138 cm³/mol. The van der Waals surface area contributed by atoms with E-state index in [-0.39, 0.29) is 35.5 Å². The molecule has 4 aliphatic rings. The van der Waals surface area contributed by atoms with Crippen LogP contribution < -0.4 is 16.4 Å². The van der Waals surface area contributed by atoms with Gasteiger partial charge in [-0.15, -0.1) is 0 Å². The molecule has 0 radical (unpaired) electrons. The number of fused-ring (bicyclic) bond motifs is 2. The zero-order valence-electron chi connectivity index (χ0n) is 21.1. The molecular weight excluding hydrogens is 455 g/mol. The van der Waals surface area contributed by atoms with E-state index in [9.17, 15) is 9.18 Å². The Balaban J connectivity index is 1.14. The highest BCUT2D eigenvalue weighted by molar-refractivity contribution is 5.79. The number of aromatic nitrogens is 2. The summed E-state index contributed by atoms with van der Waals surface area (Å²) < 4.78 is 15.9. The van der Waals surface area contributed by atoms with Gasteiger partial charge in [-0.2, -0.15) is 4.98 Å². The van der Waals surface area contributed by atoms with Crippen LogP contribution in [0.3, 0.4) is 0 Å². The summed E-state index contributed by atoms with van der Waals surface area (Å²) in [6.45, 7) is 4.70. The Kier molecular flexibility index (Phi) is 5.74. The van der Waals surface area contributed by atoms with Crippen LogP contribution in [0.15, 0.2) is 36.5 Å². The van der Waals surface area contributed by atoms with Gasteiger partial charge in [-0.05, 0) is 54.4 Å². The number of nitrogens with two attached hydrogens (primary N) is 1. The molecule has 6 rings (SSSR count). The van der Waals surface area contributed by atoms with Crippen LogP contribution in [0.25, 0.3) is 0 Å². The molecule has 1 aromatic heterocycles. The van der Waals surface area contributed by atoms with E-state index in [4.69, 9.17) is 5.73 Å². The van der Waals surface area contributed by atoms with Crippen LogP contribution in [0.4, 0.5) is 21.8 Å². The Hall–Kier alpha value is -3.00. The maximum absolute atomic E-state index is 14.6. The highest BCUT2D eigenvalue weighted by Crippen LogP contribution is 2.45. The van der Waals surface area contributed by atoms with Crippen molar-refractivity contribution in [3.05, 3.63) is 53.5 Å². The van der Waals surface area contributed by atoms with Crippen molar-refractivity contribution >= 4 is 23.4 Å². The summed E-state index contributed by atoms with van der Waals surface area (Å²) in [5.41, 5.74) is 9.21. The quantitative estimate of drug-likeness (QED) is 0.398. The summed E-state index contributed by atoms with van der Waals surface area (Å²) in [5, 5.41) is 6.39. The van der Waals surface area contributed by atoms with Crippen LogP contribution in [0.5, 0.6) is 0 Å². The number of nitrogens with one attached hydrogen (secondary N) is 2. The molecule has 190 valence electrons. The van der Waals surface area contributed by atoms with Gasteiger partial charge in [0.05, 0.1) is 38.3 Å². The number of halogens is 1. The maximum atomic E-state index is 14.6. The van der Waals surface area contributed by atoms with Crippen LogP contribution in [-0.2, 0) is 4.79 Å². The molecule has 36 heavy (non-hydrogen) atoms. The first-order valence-corrected chi connectivity index (χ1v) is 13.3. The molecule has 2 unspecified atom stereocenters. The number of hydrogen-bond donors (Lipinski definition) is 3. The average Bonchev–Trinajstić information content (AvgIpc) is 3.53. The molecule has 2 heterocycles. The summed E-state index contributed by atoms with van der Waals surface area (Å²) in [5.74, 6) is 0.0108. The molecule has 3 fully saturated rings. The number of anilines is 3. The standard InChI is InChI=1S/C28H35FN6O/c1-16-13-20(5-8-22(16)17-9-11-35(2,12-10-17)21-6-7-21)32-28-31-15-23(29)27(34-28)33-25-19-4-3-18(14-19)24(25)26(30)36/h3-5,8,13,15,17-19,21,24-25H,6-7,9-12,14H2,1-2H3,(H3-,30,31,32,33,34,36)/p+1/t17?,18?,19?,24-,25+,35?/m0/s1. The van der Waals surface area contributed by atoms with E-state index in [1.165, 1.54) is 60.6 Å². The Labute approximate surface area is 212 Å². The zero-order chi connectivity index (χ0) is 25.0. The second-order valence-electron chi connectivity index (χ2n) is 11.6. The summed E-state index contributed by atoms with van der Waals surface area (Å²) in [4.78, 5) is 20.6. The number of hydrogen-bond acceptors (Lipinski definition) is 5. The minimum Gasteiger partial charge on any atom is -0.369 e. The first-order valence-electron chi connectivity index (χ1n) is 13.3. The molecule has 3 aliphatic carbocycles. The van der Waals surface area contributed by atoms with E-state index in [0.29, 0.717) is 11.9 Å². The Morgan fingerprint density at radius 2 is 1.89 bits per heavy atom. The molecule has 2 aromatic rings. The number of piperidine rings is 1. The van der Waals surface area contributed by atoms with E-state index in [0.717, 1.165) is 18.2 Å². The number of benzene rings is 1. The number of nitrogens with zero attached hydrogens (tertiary/aromatic N) is 3. The van der Waals surface area contributed by atoms with Crippen molar-refractivity contribution in [1.29, 1.82) is 0 Å². The van der Waals surface area contributed by atoms with E-state index >= 15 is 0 Å². The Bertz CT molecular complexity index is 1200. The van der Waals surface area contributed by atoms with Crippen molar-refractivity contribution < 1.29 is 13.7 Å². The van der Waals surface area contributed by atoms with Crippen LogP contribution in [0, 0.1) is 30.5 Å². The largest absolute Gasteiger partial charge is 0.369 e. The van der Waals surface area contributed by atoms with Gasteiger partial charge in [0.15, 0.2) is 11.6 Å². The van der Waals surface area contributed by atoms with Gasteiger partial charge in [-0.25, -0.2) is 9.37 Å². The molecule has 4 N–H and O–H groups in total. The first-order chi connectivity index (χ1) is 17.3. The highest BCUT2D eigenvalue weighted by Gasteiger charge is 2.48. The normalized spacial score (nSPS) is 33.0. The van der Waals surface area contributed by atoms with Gasteiger partial charge in [-0.1, -0.05) is 18.2 Å². The van der Waals surface area contributed by atoms with Gasteiger partial charge in [0.2, 0.25) is 11.9 Å². The molecule has 0 spiro atoms. The molecule has 7 nitrogen and oxygen atoms in total. The van der Waals surface area contributed by atoms with E-state index in [1.807, 2.05) is 6.08 Å². The fraction of sp³-hybridized carbons (Fsp3) is 0.536. The lowest BCUT2D eigenvalue weighted by Crippen LogP contribution is -2.51. The molecule has 2 bridgehead atoms. The average molecular weight is 492 g/mol. The number of aryl methyl sites for hydroxylation is 1. The molecular formula is C28H36FN6O+. The Morgan fingerprint density at radius 1 is 1.14 bits per heavy atom. The third-order valence-corrected chi connectivity index (χ3v) is 9.21. The number of carbonyl (C=O) groups is 1. The number of amides is 1. The Morgan fingerprint density at radius 3 is 2.58 bits per heavy atom. The van der Waals surface area contributed by atoms with Gasteiger partial charge in [0, 0.05) is 37.4 Å². The van der Waals surface area contributed by atoms with Gasteiger partial charge in [-0.3, -0.25) is 4.79 Å². The lowest BCUT2D eigenvalue weighted by Gasteiger charge is -2.41. The monoisotopic (exact) mass is 491 g/mol. The minimum absolute atomic E-state index is 0.0945. The zero-order valence-corrected chi connectivity index (χ0v) is 21.1. The van der Waals surface area contributed by atoms with E-state index in [2.05, 4.69) is 58.8 Å². The van der Waals surface area contributed by atoms with E-state index < -0.39 is 5.82 Å². The lowest BCUT2D eigenvalue weighted by molar-refractivity contribution is -0.924. The van der Waals surface area contributed by atoms with Crippen molar-refractivity contribution in [3.63, 3.8) is 0 Å². The smallest absolute Gasteiger partial charge is 0.229 e.